The molecule has 1 aliphatic carbocycles. The number of carbonyl (C=O) groups is 1. The minimum atomic E-state index is -1.51. The Bertz CT molecular complexity index is 1120. The predicted octanol–water partition coefficient (Wildman–Crippen LogP) is 5.99. The van der Waals surface area contributed by atoms with Crippen molar-refractivity contribution < 1.29 is 13.9 Å². The van der Waals surface area contributed by atoms with Gasteiger partial charge in [-0.1, -0.05) is 24.3 Å². The smallest absolute Gasteiger partial charge is 0.251 e. The van der Waals surface area contributed by atoms with E-state index >= 15 is 0 Å². The number of pyridine rings is 1. The Labute approximate surface area is 194 Å². The molecule has 1 aliphatic rings. The molecule has 4 rings (SSSR count). The third kappa shape index (κ3) is 5.62. The molecule has 0 radical (unpaired) electrons. The second kappa shape index (κ2) is 9.77. The fraction of sp³-hybridized carbons (Fsp3) is 0.407. The highest BCUT2D eigenvalue weighted by atomic mass is 19.1. The molecule has 174 valence electrons. The summed E-state index contributed by atoms with van der Waals surface area (Å²) in [7, 11) is 0. The van der Waals surface area contributed by atoms with Crippen molar-refractivity contribution in [2.75, 3.05) is 11.9 Å². The van der Waals surface area contributed by atoms with Crippen molar-refractivity contribution in [2.45, 2.75) is 64.2 Å². The average Bonchev–Trinajstić information content (AvgIpc) is 2.80. The summed E-state index contributed by atoms with van der Waals surface area (Å²) >= 11 is 0. The Morgan fingerprint density at radius 1 is 1.06 bits per heavy atom. The van der Waals surface area contributed by atoms with Crippen molar-refractivity contribution in [2.24, 2.45) is 0 Å². The number of para-hydroxylation sites is 1. The molecule has 2 N–H and O–H groups in total. The van der Waals surface area contributed by atoms with Gasteiger partial charge in [0.1, 0.15) is 11.4 Å². The number of alkyl halides is 1. The number of hydrogen-bond donors (Lipinski definition) is 2. The van der Waals surface area contributed by atoms with E-state index in [9.17, 15) is 9.18 Å². The molecule has 33 heavy (non-hydrogen) atoms. The van der Waals surface area contributed by atoms with Crippen LogP contribution in [0, 0.1) is 0 Å². The second-order valence-electron chi connectivity index (χ2n) is 9.17. The van der Waals surface area contributed by atoms with Gasteiger partial charge in [-0.05, 0) is 76.8 Å². The largest absolute Gasteiger partial charge is 0.494 e. The SMILES string of the molecule is CCOc1cccc(C(=O)NC2CCC(Nc3cc(C(C)(C)F)nc4ccccc34)CC2)c1. The molecule has 1 saturated carbocycles. The van der Waals surface area contributed by atoms with Gasteiger partial charge in [-0.25, -0.2) is 9.37 Å². The molecule has 2 aromatic carbocycles. The molecule has 1 amide bonds. The maximum atomic E-state index is 14.6. The van der Waals surface area contributed by atoms with Crippen LogP contribution in [0.15, 0.2) is 54.6 Å². The first-order valence-electron chi connectivity index (χ1n) is 11.7. The van der Waals surface area contributed by atoms with Crippen LogP contribution in [0.3, 0.4) is 0 Å². The van der Waals surface area contributed by atoms with Crippen molar-refractivity contribution in [3.63, 3.8) is 0 Å². The zero-order valence-electron chi connectivity index (χ0n) is 19.5. The van der Waals surface area contributed by atoms with Gasteiger partial charge in [-0.2, -0.15) is 0 Å². The van der Waals surface area contributed by atoms with Gasteiger partial charge in [0.15, 0.2) is 0 Å². The number of aromatic nitrogens is 1. The van der Waals surface area contributed by atoms with E-state index in [1.54, 1.807) is 6.07 Å². The molecular weight excluding hydrogens is 417 g/mol. The molecule has 0 aliphatic heterocycles. The standard InChI is InChI=1S/C27H32FN3O2/c1-4-33-21-9-7-8-18(16-21)26(32)30-20-14-12-19(13-15-20)29-24-17-25(27(2,3)28)31-23-11-6-5-10-22(23)24/h5-11,16-17,19-20H,4,12-15H2,1-3H3,(H,29,31)(H,30,32). The van der Waals surface area contributed by atoms with Crippen molar-refractivity contribution in [1.82, 2.24) is 10.3 Å². The van der Waals surface area contributed by atoms with E-state index < -0.39 is 5.67 Å². The highest BCUT2D eigenvalue weighted by molar-refractivity contribution is 5.94. The van der Waals surface area contributed by atoms with Crippen LogP contribution < -0.4 is 15.4 Å². The number of anilines is 1. The van der Waals surface area contributed by atoms with E-state index in [2.05, 4.69) is 15.6 Å². The second-order valence-corrected chi connectivity index (χ2v) is 9.17. The molecule has 5 nitrogen and oxygen atoms in total. The molecular formula is C27H32FN3O2. The van der Waals surface area contributed by atoms with Gasteiger partial charge in [-0.3, -0.25) is 4.79 Å². The summed E-state index contributed by atoms with van der Waals surface area (Å²) in [4.78, 5) is 17.2. The molecule has 1 fully saturated rings. The van der Waals surface area contributed by atoms with Gasteiger partial charge >= 0.3 is 0 Å². The third-order valence-corrected chi connectivity index (χ3v) is 6.15. The molecule has 1 heterocycles. The minimum absolute atomic E-state index is 0.0668. The molecule has 0 unspecified atom stereocenters. The lowest BCUT2D eigenvalue weighted by Gasteiger charge is -2.31. The van der Waals surface area contributed by atoms with Crippen LogP contribution in [0.25, 0.3) is 10.9 Å². The number of nitrogens with one attached hydrogen (secondary N) is 2. The third-order valence-electron chi connectivity index (χ3n) is 6.15. The summed E-state index contributed by atoms with van der Waals surface area (Å²) in [5.74, 6) is 0.640. The Morgan fingerprint density at radius 3 is 2.52 bits per heavy atom. The van der Waals surface area contributed by atoms with Gasteiger partial charge in [0.25, 0.3) is 5.91 Å². The zero-order valence-corrected chi connectivity index (χ0v) is 19.5. The lowest BCUT2D eigenvalue weighted by atomic mass is 9.90. The molecule has 3 aromatic rings. The predicted molar refractivity (Wildman–Crippen MR) is 131 cm³/mol. The molecule has 0 spiro atoms. The maximum Gasteiger partial charge on any atom is 0.251 e. The van der Waals surface area contributed by atoms with Gasteiger partial charge in [-0.15, -0.1) is 0 Å². The molecule has 0 saturated heterocycles. The number of rotatable bonds is 7. The number of amides is 1. The van der Waals surface area contributed by atoms with Crippen LogP contribution in [0.5, 0.6) is 5.75 Å². The lowest BCUT2D eigenvalue weighted by molar-refractivity contribution is 0.0926. The van der Waals surface area contributed by atoms with Gasteiger partial charge in [0.2, 0.25) is 0 Å². The number of nitrogens with zero attached hydrogens (tertiary/aromatic N) is 1. The summed E-state index contributed by atoms with van der Waals surface area (Å²) < 4.78 is 20.2. The fourth-order valence-electron chi connectivity index (χ4n) is 4.36. The molecule has 1 aromatic heterocycles. The van der Waals surface area contributed by atoms with Gasteiger partial charge < -0.3 is 15.4 Å². The fourth-order valence-corrected chi connectivity index (χ4v) is 4.36. The Hall–Kier alpha value is -3.15. The average molecular weight is 450 g/mol. The van der Waals surface area contributed by atoms with Crippen LogP contribution in [0.1, 0.15) is 62.5 Å². The van der Waals surface area contributed by atoms with E-state index in [0.717, 1.165) is 42.3 Å². The highest BCUT2D eigenvalue weighted by Crippen LogP contribution is 2.32. The van der Waals surface area contributed by atoms with Crippen molar-refractivity contribution in [3.05, 3.63) is 65.9 Å². The zero-order chi connectivity index (χ0) is 23.4. The van der Waals surface area contributed by atoms with E-state index in [1.807, 2.05) is 55.5 Å². The Morgan fingerprint density at radius 2 is 1.79 bits per heavy atom. The first-order chi connectivity index (χ1) is 15.8. The van der Waals surface area contributed by atoms with Gasteiger partial charge in [0.05, 0.1) is 17.8 Å². The summed E-state index contributed by atoms with van der Waals surface area (Å²) in [5, 5.41) is 7.79. The molecule has 0 atom stereocenters. The van der Waals surface area contributed by atoms with Crippen LogP contribution in [0.4, 0.5) is 10.1 Å². The highest BCUT2D eigenvalue weighted by Gasteiger charge is 2.26. The van der Waals surface area contributed by atoms with Crippen LogP contribution in [-0.4, -0.2) is 29.6 Å². The normalized spacial score (nSPS) is 18.7. The first-order valence-corrected chi connectivity index (χ1v) is 11.7. The number of carbonyl (C=O) groups excluding carboxylic acids is 1. The molecule has 0 bridgehead atoms. The van der Waals surface area contributed by atoms with Crippen LogP contribution in [0.2, 0.25) is 0 Å². The Balaban J connectivity index is 1.39. The minimum Gasteiger partial charge on any atom is -0.494 e. The lowest BCUT2D eigenvalue weighted by Crippen LogP contribution is -2.40. The monoisotopic (exact) mass is 449 g/mol. The van der Waals surface area contributed by atoms with E-state index in [1.165, 1.54) is 13.8 Å². The Kier molecular flexibility index (Phi) is 6.82. The van der Waals surface area contributed by atoms with E-state index in [4.69, 9.17) is 4.74 Å². The van der Waals surface area contributed by atoms with Gasteiger partial charge in [0, 0.05) is 28.7 Å². The van der Waals surface area contributed by atoms with Crippen LogP contribution in [-0.2, 0) is 5.67 Å². The van der Waals surface area contributed by atoms with E-state index in [-0.39, 0.29) is 18.0 Å². The summed E-state index contributed by atoms with van der Waals surface area (Å²) in [6.07, 6.45) is 3.63. The first kappa shape index (κ1) is 23.0. The number of halogens is 1. The maximum absolute atomic E-state index is 14.6. The number of fused-ring (bicyclic) bond motifs is 1. The topological polar surface area (TPSA) is 63.2 Å². The quantitative estimate of drug-likeness (QED) is 0.465. The van der Waals surface area contributed by atoms with E-state index in [0.29, 0.717) is 23.6 Å². The summed E-state index contributed by atoms with van der Waals surface area (Å²) in [6.45, 7) is 5.56. The van der Waals surface area contributed by atoms with Crippen LogP contribution >= 0.6 is 0 Å². The number of hydrogen-bond acceptors (Lipinski definition) is 4. The summed E-state index contributed by atoms with van der Waals surface area (Å²) in [5.41, 5.74) is 1.24. The number of benzene rings is 2. The molecule has 6 heteroatoms. The summed E-state index contributed by atoms with van der Waals surface area (Å²) in [6, 6.07) is 17.4. The van der Waals surface area contributed by atoms with Crippen molar-refractivity contribution >= 4 is 22.5 Å². The number of ether oxygens (including phenoxy) is 1. The van der Waals surface area contributed by atoms with Crippen molar-refractivity contribution in [1.29, 1.82) is 0 Å². The van der Waals surface area contributed by atoms with Crippen molar-refractivity contribution in [3.8, 4) is 5.75 Å².